The molecular weight excluding hydrogens is 316 g/mol. The van der Waals surface area contributed by atoms with Crippen molar-refractivity contribution in [3.63, 3.8) is 0 Å². The summed E-state index contributed by atoms with van der Waals surface area (Å²) in [5, 5.41) is 10.1. The minimum Gasteiger partial charge on any atom is -0.508 e. The van der Waals surface area contributed by atoms with Crippen LogP contribution in [0.5, 0.6) is 5.75 Å². The van der Waals surface area contributed by atoms with Crippen molar-refractivity contribution in [1.29, 1.82) is 0 Å². The van der Waals surface area contributed by atoms with Gasteiger partial charge in [0, 0.05) is 18.0 Å². The van der Waals surface area contributed by atoms with E-state index in [1.54, 1.807) is 10.5 Å². The molecule has 3 rings (SSSR count). The predicted octanol–water partition coefficient (Wildman–Crippen LogP) is 3.13. The van der Waals surface area contributed by atoms with Crippen LogP contribution in [0, 0.1) is 13.8 Å². The van der Waals surface area contributed by atoms with Gasteiger partial charge in [-0.15, -0.1) is 0 Å². The number of phenols is 1. The highest BCUT2D eigenvalue weighted by atomic mass is 16.3. The van der Waals surface area contributed by atoms with E-state index < -0.39 is 5.91 Å². The minimum absolute atomic E-state index is 0.175. The van der Waals surface area contributed by atoms with Gasteiger partial charge in [-0.05, 0) is 42.5 Å². The summed E-state index contributed by atoms with van der Waals surface area (Å²) < 4.78 is 1.78. The van der Waals surface area contributed by atoms with Crippen LogP contribution in [-0.4, -0.2) is 20.4 Å². The van der Waals surface area contributed by atoms with Gasteiger partial charge in [0.15, 0.2) is 5.65 Å². The molecule has 0 saturated carbocycles. The maximum absolute atomic E-state index is 12.1. The van der Waals surface area contributed by atoms with Gasteiger partial charge in [0.2, 0.25) is 0 Å². The molecule has 0 aliphatic carbocycles. The van der Waals surface area contributed by atoms with Crippen molar-refractivity contribution in [2.75, 3.05) is 5.73 Å². The van der Waals surface area contributed by atoms with Gasteiger partial charge in [-0.2, -0.15) is 0 Å². The largest absolute Gasteiger partial charge is 0.508 e. The number of benzene rings is 1. The van der Waals surface area contributed by atoms with Crippen molar-refractivity contribution in [2.45, 2.75) is 33.6 Å². The number of nitrogens with two attached hydrogens (primary N) is 2. The zero-order chi connectivity index (χ0) is 18.5. The predicted molar refractivity (Wildman–Crippen MR) is 98.8 cm³/mol. The Hall–Kier alpha value is -3.02. The molecule has 0 saturated heterocycles. The first kappa shape index (κ1) is 16.8. The molecule has 1 aromatic carbocycles. The second-order valence-electron chi connectivity index (χ2n) is 6.65. The molecule has 0 fully saturated rings. The quantitative estimate of drug-likeness (QED) is 0.682. The van der Waals surface area contributed by atoms with Crippen molar-refractivity contribution in [3.8, 4) is 16.9 Å². The number of carbonyl (C=O) groups excluding carboxylic acids is 1. The summed E-state index contributed by atoms with van der Waals surface area (Å²) in [5.74, 6) is -0.246. The number of imidazole rings is 1. The van der Waals surface area contributed by atoms with Crippen LogP contribution in [0.4, 0.5) is 5.69 Å². The number of primary amides is 1. The molecule has 6 nitrogen and oxygen atoms in total. The van der Waals surface area contributed by atoms with E-state index in [-0.39, 0.29) is 22.9 Å². The molecule has 2 heterocycles. The number of pyridine rings is 1. The Balaban J connectivity index is 2.43. The number of aryl methyl sites for hydroxylation is 1. The summed E-state index contributed by atoms with van der Waals surface area (Å²) in [6.45, 7) is 7.81. The van der Waals surface area contributed by atoms with E-state index in [0.717, 1.165) is 16.8 Å². The first-order chi connectivity index (χ1) is 11.7. The van der Waals surface area contributed by atoms with Crippen LogP contribution < -0.4 is 11.5 Å². The van der Waals surface area contributed by atoms with Crippen molar-refractivity contribution < 1.29 is 9.90 Å². The molecule has 1 amide bonds. The number of phenolic OH excluding ortho intramolecular Hbond substituents is 1. The van der Waals surface area contributed by atoms with E-state index in [0.29, 0.717) is 16.8 Å². The fourth-order valence-electron chi connectivity index (χ4n) is 3.13. The lowest BCUT2D eigenvalue weighted by molar-refractivity contribution is 0.100. The summed E-state index contributed by atoms with van der Waals surface area (Å²) in [7, 11) is 0. The van der Waals surface area contributed by atoms with Crippen LogP contribution in [0.3, 0.4) is 0 Å². The monoisotopic (exact) mass is 338 g/mol. The molecule has 0 radical (unpaired) electrons. The summed E-state index contributed by atoms with van der Waals surface area (Å²) in [4.78, 5) is 16.6. The Morgan fingerprint density at radius 3 is 2.52 bits per heavy atom. The molecule has 130 valence electrons. The van der Waals surface area contributed by atoms with Crippen molar-refractivity contribution >= 4 is 17.2 Å². The number of rotatable bonds is 3. The van der Waals surface area contributed by atoms with E-state index >= 15 is 0 Å². The van der Waals surface area contributed by atoms with E-state index in [1.807, 2.05) is 46.2 Å². The summed E-state index contributed by atoms with van der Waals surface area (Å²) in [6.07, 6.45) is 3.72. The number of carbonyl (C=O) groups is 1. The van der Waals surface area contributed by atoms with Crippen LogP contribution in [0.2, 0.25) is 0 Å². The Bertz CT molecular complexity index is 1000. The molecule has 3 aromatic rings. The average molecular weight is 338 g/mol. The molecule has 6 heteroatoms. The van der Waals surface area contributed by atoms with Gasteiger partial charge in [0.05, 0.1) is 11.4 Å². The lowest BCUT2D eigenvalue weighted by Gasteiger charge is -2.16. The molecular formula is C19H22N4O2. The van der Waals surface area contributed by atoms with Gasteiger partial charge < -0.3 is 21.0 Å². The van der Waals surface area contributed by atoms with E-state index in [1.165, 1.54) is 0 Å². The highest BCUT2D eigenvalue weighted by Gasteiger charge is 2.22. The summed E-state index contributed by atoms with van der Waals surface area (Å²) in [6, 6.07) is 3.46. The van der Waals surface area contributed by atoms with Gasteiger partial charge >= 0.3 is 0 Å². The van der Waals surface area contributed by atoms with Gasteiger partial charge in [-0.1, -0.05) is 19.9 Å². The van der Waals surface area contributed by atoms with Gasteiger partial charge in [0.1, 0.15) is 11.3 Å². The Labute approximate surface area is 146 Å². The third-order valence-electron chi connectivity index (χ3n) is 4.55. The Morgan fingerprint density at radius 2 is 1.92 bits per heavy atom. The number of fused-ring (bicyclic) bond motifs is 1. The number of amides is 1. The van der Waals surface area contributed by atoms with Gasteiger partial charge in [-0.25, -0.2) is 4.98 Å². The van der Waals surface area contributed by atoms with Gasteiger partial charge in [0.25, 0.3) is 5.91 Å². The molecule has 2 aromatic heterocycles. The second-order valence-corrected chi connectivity index (χ2v) is 6.65. The van der Waals surface area contributed by atoms with Crippen molar-refractivity contribution in [1.82, 2.24) is 9.38 Å². The highest BCUT2D eigenvalue weighted by molar-refractivity contribution is 6.07. The van der Waals surface area contributed by atoms with Crippen LogP contribution in [0.1, 0.15) is 46.9 Å². The zero-order valence-corrected chi connectivity index (χ0v) is 14.8. The first-order valence-corrected chi connectivity index (χ1v) is 8.12. The Morgan fingerprint density at radius 1 is 1.24 bits per heavy atom. The standard InChI is InChI=1S/C19H22N4O2/c1-9(2)13-8-23-7-12(15-10(3)5-6-14(24)11(15)4)17(20)16(18(21)25)19(23)22-13/h5-9,24H,20H2,1-4H3,(H2,21,25). The lowest BCUT2D eigenvalue weighted by atomic mass is 9.93. The van der Waals surface area contributed by atoms with Crippen LogP contribution >= 0.6 is 0 Å². The van der Waals surface area contributed by atoms with Crippen LogP contribution in [0.15, 0.2) is 24.5 Å². The number of anilines is 1. The van der Waals surface area contributed by atoms with Crippen molar-refractivity contribution in [3.05, 3.63) is 46.9 Å². The molecule has 0 bridgehead atoms. The molecule has 5 N–H and O–H groups in total. The summed E-state index contributed by atoms with van der Waals surface area (Å²) >= 11 is 0. The third-order valence-corrected chi connectivity index (χ3v) is 4.55. The Kier molecular flexibility index (Phi) is 3.91. The topological polar surface area (TPSA) is 107 Å². The van der Waals surface area contributed by atoms with E-state index in [9.17, 15) is 9.90 Å². The fourth-order valence-corrected chi connectivity index (χ4v) is 3.13. The number of aromatic hydroxyl groups is 1. The maximum Gasteiger partial charge on any atom is 0.254 e. The lowest BCUT2D eigenvalue weighted by Crippen LogP contribution is -2.16. The number of hydrogen-bond acceptors (Lipinski definition) is 4. The molecule has 25 heavy (non-hydrogen) atoms. The second kappa shape index (κ2) is 5.81. The van der Waals surface area contributed by atoms with E-state index in [2.05, 4.69) is 4.98 Å². The smallest absolute Gasteiger partial charge is 0.254 e. The molecule has 0 spiro atoms. The molecule has 0 unspecified atom stereocenters. The third kappa shape index (κ3) is 2.59. The van der Waals surface area contributed by atoms with Gasteiger partial charge in [-0.3, -0.25) is 4.79 Å². The highest BCUT2D eigenvalue weighted by Crippen LogP contribution is 2.38. The number of nitrogens with zero attached hydrogens (tertiary/aromatic N) is 2. The molecule has 0 atom stereocenters. The molecule has 0 aliphatic rings. The number of hydrogen-bond donors (Lipinski definition) is 3. The molecule has 0 aliphatic heterocycles. The number of aromatic nitrogens is 2. The normalized spacial score (nSPS) is 11.4. The summed E-state index contributed by atoms with van der Waals surface area (Å²) in [5.41, 5.74) is 16.8. The zero-order valence-electron chi connectivity index (χ0n) is 14.8. The fraction of sp³-hybridized carbons (Fsp3) is 0.263. The maximum atomic E-state index is 12.1. The van der Waals surface area contributed by atoms with E-state index in [4.69, 9.17) is 11.5 Å². The first-order valence-electron chi connectivity index (χ1n) is 8.12. The minimum atomic E-state index is -0.624. The van der Waals surface area contributed by atoms with Crippen LogP contribution in [0.25, 0.3) is 16.8 Å². The number of nitrogen functional groups attached to an aromatic ring is 1. The van der Waals surface area contributed by atoms with Crippen LogP contribution in [-0.2, 0) is 0 Å². The average Bonchev–Trinajstić information content (AvgIpc) is 2.95. The van der Waals surface area contributed by atoms with Crippen molar-refractivity contribution in [2.24, 2.45) is 5.73 Å². The SMILES string of the molecule is Cc1ccc(O)c(C)c1-c1cn2cc(C(C)C)nc2c(C(N)=O)c1N.